The van der Waals surface area contributed by atoms with E-state index in [2.05, 4.69) is 0 Å². The van der Waals surface area contributed by atoms with Gasteiger partial charge < -0.3 is 4.55 Å². The number of nitrogens with zero attached hydrogens (tertiary/aromatic N) is 1. The van der Waals surface area contributed by atoms with Gasteiger partial charge in [0, 0.05) is 11.1 Å². The predicted molar refractivity (Wildman–Crippen MR) is 46.1 cm³/mol. The van der Waals surface area contributed by atoms with Crippen LogP contribution in [0.4, 0.5) is 5.69 Å². The smallest absolute Gasteiger partial charge is 0.744 e. The van der Waals surface area contributed by atoms with Gasteiger partial charge in [-0.15, -0.1) is 0 Å². The molecule has 1 aromatic carbocycles. The second-order valence-corrected chi connectivity index (χ2v) is 4.11. The van der Waals surface area contributed by atoms with Crippen LogP contribution in [-0.4, -0.2) is 17.9 Å². The fraction of sp³-hybridized carbons (Fsp3) is 0. The number of hydrogen-bond donors (Lipinski definition) is 0. The zero-order valence-electron chi connectivity index (χ0n) is 7.51. The number of halogens is 1. The van der Waals surface area contributed by atoms with E-state index in [1.165, 1.54) is 0 Å². The predicted octanol–water partition coefficient (Wildman–Crippen LogP) is -1.84. The molecule has 9 heteroatoms. The van der Waals surface area contributed by atoms with Crippen LogP contribution in [0.3, 0.4) is 0 Å². The van der Waals surface area contributed by atoms with Gasteiger partial charge >= 0.3 is 29.6 Å². The minimum atomic E-state index is -4.85. The normalized spacial score (nSPS) is 10.5. The molecule has 0 bridgehead atoms. The van der Waals surface area contributed by atoms with Crippen molar-refractivity contribution in [2.24, 2.45) is 0 Å². The number of nitro groups is 1. The number of hydrogen-bond acceptors (Lipinski definition) is 5. The van der Waals surface area contributed by atoms with E-state index < -0.39 is 25.6 Å². The molecular weight excluding hydrogens is 257 g/mol. The molecule has 0 amide bonds. The van der Waals surface area contributed by atoms with E-state index in [0.717, 1.165) is 18.2 Å². The van der Waals surface area contributed by atoms with Crippen molar-refractivity contribution in [3.63, 3.8) is 0 Å². The van der Waals surface area contributed by atoms with E-state index in [1.54, 1.807) is 0 Å². The first kappa shape index (κ1) is 14.8. The van der Waals surface area contributed by atoms with Gasteiger partial charge in [0.05, 0.1) is 4.92 Å². The number of nitro benzene ring substituents is 1. The average molecular weight is 260 g/mol. The zero-order valence-corrected chi connectivity index (χ0v) is 11.1. The van der Waals surface area contributed by atoms with Crippen LogP contribution >= 0.6 is 11.6 Å². The Morgan fingerprint density at radius 1 is 1.33 bits per heavy atom. The molecule has 0 unspecified atom stereocenters. The maximum atomic E-state index is 10.6. The Bertz CT molecular complexity index is 488. The number of rotatable bonds is 2. The Balaban J connectivity index is 0.00000196. The molecule has 15 heavy (non-hydrogen) atoms. The first-order chi connectivity index (χ1) is 6.32. The molecule has 0 fully saturated rings. The molecule has 0 spiro atoms. The summed E-state index contributed by atoms with van der Waals surface area (Å²) in [4.78, 5) is 8.51. The van der Waals surface area contributed by atoms with Crippen LogP contribution in [0.2, 0.25) is 5.02 Å². The summed E-state index contributed by atoms with van der Waals surface area (Å²) in [6.07, 6.45) is 0. The topological polar surface area (TPSA) is 100 Å². The average Bonchev–Trinajstić information content (AvgIpc) is 2.01. The summed E-state index contributed by atoms with van der Waals surface area (Å²) < 4.78 is 31.7. The van der Waals surface area contributed by atoms with Crippen molar-refractivity contribution >= 4 is 27.4 Å². The summed E-state index contributed by atoms with van der Waals surface area (Å²) in [5.74, 6) is 0. The van der Waals surface area contributed by atoms with Gasteiger partial charge in [0.15, 0.2) is 0 Å². The van der Waals surface area contributed by atoms with Gasteiger partial charge in [-0.2, -0.15) is 0 Å². The molecule has 0 aliphatic heterocycles. The van der Waals surface area contributed by atoms with Gasteiger partial charge in [-0.1, -0.05) is 11.6 Å². The molecule has 0 aliphatic carbocycles. The van der Waals surface area contributed by atoms with Crippen molar-refractivity contribution < 1.29 is 47.5 Å². The zero-order chi connectivity index (χ0) is 10.9. The van der Waals surface area contributed by atoms with Gasteiger partial charge in [0.2, 0.25) is 0 Å². The van der Waals surface area contributed by atoms with E-state index >= 15 is 0 Å². The summed E-state index contributed by atoms with van der Waals surface area (Å²) in [5.41, 5.74) is -0.812. The Kier molecular flexibility index (Phi) is 5.18. The standard InChI is InChI=1S/C6H4ClNO5S.Na/c7-4-1-2-6(14(11,12)13)5(3-4)8(9)10;/h1-3H,(H,11,12,13);/q;+1/p-1. The SMILES string of the molecule is O=[N+]([O-])c1cc(Cl)ccc1S(=O)(=O)[O-].[Na+]. The second-order valence-electron chi connectivity index (χ2n) is 2.32. The van der Waals surface area contributed by atoms with Gasteiger partial charge in [0.25, 0.3) is 5.69 Å². The van der Waals surface area contributed by atoms with Crippen LogP contribution in [0.25, 0.3) is 0 Å². The van der Waals surface area contributed by atoms with E-state index in [0.29, 0.717) is 0 Å². The van der Waals surface area contributed by atoms with Gasteiger partial charge in [-0.05, 0) is 12.1 Å². The molecule has 1 aromatic rings. The third kappa shape index (κ3) is 3.71. The molecule has 0 radical (unpaired) electrons. The van der Waals surface area contributed by atoms with Crippen LogP contribution in [0.15, 0.2) is 23.1 Å². The van der Waals surface area contributed by atoms with E-state index in [1.807, 2.05) is 0 Å². The fourth-order valence-corrected chi connectivity index (χ4v) is 1.64. The fourth-order valence-electron chi connectivity index (χ4n) is 0.845. The monoisotopic (exact) mass is 259 g/mol. The summed E-state index contributed by atoms with van der Waals surface area (Å²) in [6, 6.07) is 2.72. The molecule has 0 atom stereocenters. The minimum absolute atomic E-state index is 0. The molecule has 0 aromatic heterocycles. The maximum Gasteiger partial charge on any atom is 1.00 e. The molecule has 0 heterocycles. The van der Waals surface area contributed by atoms with Gasteiger partial charge in [-0.25, -0.2) is 8.42 Å². The summed E-state index contributed by atoms with van der Waals surface area (Å²) >= 11 is 5.41. The first-order valence-electron chi connectivity index (χ1n) is 3.22. The van der Waals surface area contributed by atoms with Crippen molar-refractivity contribution in [1.29, 1.82) is 0 Å². The van der Waals surface area contributed by atoms with Gasteiger partial charge in [-0.3, -0.25) is 10.1 Å². The van der Waals surface area contributed by atoms with Crippen LogP contribution in [-0.2, 0) is 10.1 Å². The van der Waals surface area contributed by atoms with Crippen LogP contribution in [0.5, 0.6) is 0 Å². The Morgan fingerprint density at radius 3 is 2.27 bits per heavy atom. The van der Waals surface area contributed by atoms with Crippen LogP contribution in [0.1, 0.15) is 0 Å². The Morgan fingerprint density at radius 2 is 1.87 bits per heavy atom. The first-order valence-corrected chi connectivity index (χ1v) is 5.01. The van der Waals surface area contributed by atoms with E-state index in [9.17, 15) is 23.1 Å². The summed E-state index contributed by atoms with van der Waals surface area (Å²) in [7, 11) is -4.85. The quantitative estimate of drug-likeness (QED) is 0.269. The van der Waals surface area contributed by atoms with Gasteiger partial charge in [0.1, 0.15) is 15.0 Å². The largest absolute Gasteiger partial charge is 1.00 e. The molecule has 0 N–H and O–H groups in total. The number of benzene rings is 1. The van der Waals surface area contributed by atoms with Crippen LogP contribution in [0, 0.1) is 10.1 Å². The molecule has 6 nitrogen and oxygen atoms in total. The molecular formula is C6H3ClNNaO5S. The van der Waals surface area contributed by atoms with Crippen LogP contribution < -0.4 is 29.6 Å². The van der Waals surface area contributed by atoms with Crippen molar-refractivity contribution in [3.05, 3.63) is 33.3 Å². The molecule has 0 saturated carbocycles. The van der Waals surface area contributed by atoms with Crippen molar-refractivity contribution in [1.82, 2.24) is 0 Å². The maximum absolute atomic E-state index is 10.6. The van der Waals surface area contributed by atoms with E-state index in [4.69, 9.17) is 11.6 Å². The molecule has 1 rings (SSSR count). The van der Waals surface area contributed by atoms with Crippen molar-refractivity contribution in [3.8, 4) is 0 Å². The van der Waals surface area contributed by atoms with Crippen molar-refractivity contribution in [2.45, 2.75) is 4.90 Å². The summed E-state index contributed by atoms with van der Waals surface area (Å²) in [6.45, 7) is 0. The van der Waals surface area contributed by atoms with Crippen molar-refractivity contribution in [2.75, 3.05) is 0 Å². The van der Waals surface area contributed by atoms with E-state index in [-0.39, 0.29) is 34.6 Å². The third-order valence-electron chi connectivity index (χ3n) is 1.39. The summed E-state index contributed by atoms with van der Waals surface area (Å²) in [5, 5.41) is 10.4. The Hall–Kier alpha value is -0.180. The molecule has 0 saturated heterocycles. The third-order valence-corrected chi connectivity index (χ3v) is 2.51. The molecule has 76 valence electrons. The Labute approximate surface area is 112 Å². The molecule has 0 aliphatic rings. The minimum Gasteiger partial charge on any atom is -0.744 e. The second kappa shape index (κ2) is 5.24.